The van der Waals surface area contributed by atoms with Crippen LogP contribution in [0.25, 0.3) is 0 Å². The van der Waals surface area contributed by atoms with E-state index in [1.54, 1.807) is 0 Å². The van der Waals surface area contributed by atoms with Crippen LogP contribution in [0.1, 0.15) is 79.1 Å². The van der Waals surface area contributed by atoms with Gasteiger partial charge in [0.15, 0.2) is 6.29 Å². The zero-order chi connectivity index (χ0) is 18.4. The van der Waals surface area contributed by atoms with Crippen LogP contribution in [-0.2, 0) is 22.8 Å². The van der Waals surface area contributed by atoms with Crippen molar-refractivity contribution in [1.82, 2.24) is 0 Å². The van der Waals surface area contributed by atoms with E-state index in [1.807, 2.05) is 20.8 Å². The van der Waals surface area contributed by atoms with Crippen molar-refractivity contribution < 1.29 is 22.8 Å². The minimum absolute atomic E-state index is 0.0606. The quantitative estimate of drug-likeness (QED) is 0.283. The van der Waals surface area contributed by atoms with Crippen LogP contribution in [0.2, 0.25) is 5.54 Å². The molecule has 6 heteroatoms. The van der Waals surface area contributed by atoms with E-state index in [4.69, 9.17) is 22.8 Å². The molecule has 1 unspecified atom stereocenters. The standard InChI is InChI=1S/C19H40O5Si/c1-5-9-10-11-12-13-14-15-18(19-20-16-17-21-19)25(22-6-2,23-7-3)24-8-4/h18-19H,5-17H2,1-4H3. The van der Waals surface area contributed by atoms with Gasteiger partial charge in [0.1, 0.15) is 0 Å². The molecule has 1 saturated heterocycles. The Balaban J connectivity index is 2.65. The molecule has 0 aromatic heterocycles. The normalized spacial score (nSPS) is 17.3. The summed E-state index contributed by atoms with van der Waals surface area (Å²) in [6.07, 6.45) is 9.73. The van der Waals surface area contributed by atoms with Gasteiger partial charge < -0.3 is 22.8 Å². The Kier molecular flexibility index (Phi) is 13.0. The molecule has 0 bridgehead atoms. The SMILES string of the molecule is CCCCCCCCCC(C1OCCO1)[Si](OCC)(OCC)OCC. The van der Waals surface area contributed by atoms with Crippen molar-refractivity contribution in [3.8, 4) is 0 Å². The molecule has 1 rings (SSSR count). The lowest BCUT2D eigenvalue weighted by Crippen LogP contribution is -2.54. The number of unbranched alkanes of at least 4 members (excludes halogenated alkanes) is 6. The first-order chi connectivity index (χ1) is 12.2. The van der Waals surface area contributed by atoms with Gasteiger partial charge in [-0.2, -0.15) is 0 Å². The van der Waals surface area contributed by atoms with Gasteiger partial charge in [-0.05, 0) is 27.2 Å². The van der Waals surface area contributed by atoms with E-state index < -0.39 is 8.80 Å². The molecule has 0 spiro atoms. The molecule has 150 valence electrons. The number of hydrogen-bond acceptors (Lipinski definition) is 5. The van der Waals surface area contributed by atoms with Gasteiger partial charge in [-0.15, -0.1) is 0 Å². The highest BCUT2D eigenvalue weighted by Gasteiger charge is 2.54. The molecule has 0 N–H and O–H groups in total. The Morgan fingerprint density at radius 1 is 0.760 bits per heavy atom. The number of hydrogen-bond donors (Lipinski definition) is 0. The molecule has 0 amide bonds. The van der Waals surface area contributed by atoms with Crippen LogP contribution in [-0.4, -0.2) is 48.1 Å². The highest BCUT2D eigenvalue weighted by Crippen LogP contribution is 2.37. The summed E-state index contributed by atoms with van der Waals surface area (Å²) in [4.78, 5) is 0. The molecule has 1 aliphatic heterocycles. The fraction of sp³-hybridized carbons (Fsp3) is 1.00. The first kappa shape index (κ1) is 23.1. The topological polar surface area (TPSA) is 46.2 Å². The Bertz CT molecular complexity index is 293. The first-order valence-corrected chi connectivity index (χ1v) is 12.2. The lowest BCUT2D eigenvalue weighted by molar-refractivity contribution is -0.0719. The summed E-state index contributed by atoms with van der Waals surface area (Å²) in [6, 6.07) is 0. The van der Waals surface area contributed by atoms with Crippen LogP contribution in [0.15, 0.2) is 0 Å². The number of rotatable bonds is 16. The van der Waals surface area contributed by atoms with Crippen molar-refractivity contribution in [3.63, 3.8) is 0 Å². The van der Waals surface area contributed by atoms with Gasteiger partial charge in [0.2, 0.25) is 0 Å². The van der Waals surface area contributed by atoms with Gasteiger partial charge in [-0.3, -0.25) is 0 Å². The maximum Gasteiger partial charge on any atom is 0.509 e. The summed E-state index contributed by atoms with van der Waals surface area (Å²) in [5.41, 5.74) is 0.0606. The third-order valence-corrected chi connectivity index (χ3v) is 8.13. The van der Waals surface area contributed by atoms with Gasteiger partial charge in [-0.25, -0.2) is 0 Å². The van der Waals surface area contributed by atoms with Crippen LogP contribution in [0, 0.1) is 0 Å². The Morgan fingerprint density at radius 2 is 1.24 bits per heavy atom. The predicted octanol–water partition coefficient (Wildman–Crippen LogP) is 4.92. The van der Waals surface area contributed by atoms with E-state index in [-0.39, 0.29) is 11.8 Å². The van der Waals surface area contributed by atoms with Crippen LogP contribution in [0.3, 0.4) is 0 Å². The van der Waals surface area contributed by atoms with Crippen molar-refractivity contribution in [2.24, 2.45) is 0 Å². The molecular formula is C19H40O5Si. The molecule has 0 saturated carbocycles. The molecule has 25 heavy (non-hydrogen) atoms. The summed E-state index contributed by atoms with van der Waals surface area (Å²) in [5.74, 6) is 0. The second-order valence-electron chi connectivity index (χ2n) is 6.53. The molecule has 0 radical (unpaired) electrons. The van der Waals surface area contributed by atoms with Crippen LogP contribution >= 0.6 is 0 Å². The average molecular weight is 377 g/mol. The van der Waals surface area contributed by atoms with Gasteiger partial charge in [0.05, 0.1) is 18.8 Å². The largest absolute Gasteiger partial charge is 0.509 e. The second-order valence-corrected chi connectivity index (χ2v) is 9.34. The third kappa shape index (κ3) is 8.06. The fourth-order valence-electron chi connectivity index (χ4n) is 3.46. The van der Waals surface area contributed by atoms with Crippen LogP contribution < -0.4 is 0 Å². The minimum Gasteiger partial charge on any atom is -0.373 e. The maximum atomic E-state index is 6.13. The highest BCUT2D eigenvalue weighted by atomic mass is 28.4. The monoisotopic (exact) mass is 376 g/mol. The Labute approximate surface area is 156 Å². The molecule has 0 aliphatic carbocycles. The predicted molar refractivity (Wildman–Crippen MR) is 103 cm³/mol. The summed E-state index contributed by atoms with van der Waals surface area (Å²) in [7, 11) is -2.82. The summed E-state index contributed by atoms with van der Waals surface area (Å²) >= 11 is 0. The Hall–Kier alpha value is 0.0169. The highest BCUT2D eigenvalue weighted by molar-refractivity contribution is 6.62. The van der Waals surface area contributed by atoms with Crippen LogP contribution in [0.4, 0.5) is 0 Å². The lowest BCUT2D eigenvalue weighted by atomic mass is 10.1. The van der Waals surface area contributed by atoms with E-state index >= 15 is 0 Å². The van der Waals surface area contributed by atoms with Gasteiger partial charge in [0, 0.05) is 19.8 Å². The smallest absolute Gasteiger partial charge is 0.373 e. The van der Waals surface area contributed by atoms with E-state index in [9.17, 15) is 0 Å². The maximum absolute atomic E-state index is 6.13. The van der Waals surface area contributed by atoms with Crippen molar-refractivity contribution in [1.29, 1.82) is 0 Å². The molecule has 1 aliphatic rings. The fourth-order valence-corrected chi connectivity index (χ4v) is 6.64. The summed E-state index contributed by atoms with van der Waals surface area (Å²) in [6.45, 7) is 11.3. The molecule has 5 nitrogen and oxygen atoms in total. The molecule has 1 atom stereocenters. The third-order valence-electron chi connectivity index (χ3n) is 4.59. The van der Waals surface area contributed by atoms with Crippen LogP contribution in [0.5, 0.6) is 0 Å². The van der Waals surface area contributed by atoms with E-state index in [0.29, 0.717) is 33.0 Å². The van der Waals surface area contributed by atoms with Crippen molar-refractivity contribution >= 4 is 8.80 Å². The van der Waals surface area contributed by atoms with Crippen molar-refractivity contribution in [3.05, 3.63) is 0 Å². The van der Waals surface area contributed by atoms with Gasteiger partial charge in [0.25, 0.3) is 0 Å². The molecular weight excluding hydrogens is 336 g/mol. The Morgan fingerprint density at radius 3 is 1.72 bits per heavy atom. The van der Waals surface area contributed by atoms with E-state index in [1.165, 1.54) is 38.5 Å². The first-order valence-electron chi connectivity index (χ1n) is 10.4. The average Bonchev–Trinajstić information content (AvgIpc) is 3.12. The van der Waals surface area contributed by atoms with Crippen molar-refractivity contribution in [2.45, 2.75) is 90.9 Å². The van der Waals surface area contributed by atoms with Gasteiger partial charge >= 0.3 is 8.80 Å². The van der Waals surface area contributed by atoms with Crippen molar-refractivity contribution in [2.75, 3.05) is 33.0 Å². The summed E-state index contributed by atoms with van der Waals surface area (Å²) < 4.78 is 30.1. The zero-order valence-electron chi connectivity index (χ0n) is 16.9. The van der Waals surface area contributed by atoms with Gasteiger partial charge in [-0.1, -0.05) is 51.9 Å². The molecule has 0 aromatic carbocycles. The number of ether oxygens (including phenoxy) is 2. The molecule has 1 heterocycles. The zero-order valence-corrected chi connectivity index (χ0v) is 17.9. The minimum atomic E-state index is -2.82. The van der Waals surface area contributed by atoms with E-state index in [2.05, 4.69) is 6.92 Å². The molecule has 0 aromatic rings. The summed E-state index contributed by atoms with van der Waals surface area (Å²) in [5, 5.41) is 0. The lowest BCUT2D eigenvalue weighted by Gasteiger charge is -2.37. The molecule has 1 fully saturated rings. The van der Waals surface area contributed by atoms with E-state index in [0.717, 1.165) is 12.8 Å². The second kappa shape index (κ2) is 14.1.